The molecule has 4 nitrogen and oxygen atoms in total. The van der Waals surface area contributed by atoms with Gasteiger partial charge in [0.2, 0.25) is 0 Å². The van der Waals surface area contributed by atoms with E-state index in [-0.39, 0.29) is 11.7 Å². The van der Waals surface area contributed by atoms with Crippen molar-refractivity contribution >= 4 is 5.78 Å². The van der Waals surface area contributed by atoms with Crippen LogP contribution in [0.5, 0.6) is 0 Å². The molecule has 1 atom stereocenters. The number of aliphatic hydroxyl groups is 3. The zero-order valence-electron chi connectivity index (χ0n) is 39.0. The van der Waals surface area contributed by atoms with Crippen LogP contribution < -0.4 is 0 Å². The smallest absolute Gasteiger partial charge is 0.172 e. The highest BCUT2D eigenvalue weighted by atomic mass is 16.4. The summed E-state index contributed by atoms with van der Waals surface area (Å²) in [5.41, 5.74) is -2.00. The SMILES string of the molecule is CCCCCCCCCCCCCCCCCCCCCCCC/C=C\CCCCCCC(CCCCCCCCCCCCCCCC)C(=O)C(O)(CO)CO. The van der Waals surface area contributed by atoms with Crippen LogP contribution >= 0.6 is 0 Å². The molecule has 0 aliphatic carbocycles. The minimum Gasteiger partial charge on any atom is -0.393 e. The molecule has 0 heterocycles. The highest BCUT2D eigenvalue weighted by molar-refractivity contribution is 5.89. The van der Waals surface area contributed by atoms with Crippen molar-refractivity contribution in [2.24, 2.45) is 5.92 Å². The van der Waals surface area contributed by atoms with Crippen molar-refractivity contribution in [2.75, 3.05) is 13.2 Å². The van der Waals surface area contributed by atoms with E-state index >= 15 is 0 Å². The first-order chi connectivity index (χ1) is 28.1. The highest BCUT2D eigenvalue weighted by Crippen LogP contribution is 2.25. The average molecular weight is 805 g/mol. The summed E-state index contributed by atoms with van der Waals surface area (Å²) in [5.74, 6) is -0.633. The van der Waals surface area contributed by atoms with E-state index in [2.05, 4.69) is 26.0 Å². The van der Waals surface area contributed by atoms with E-state index in [0.29, 0.717) is 0 Å². The van der Waals surface area contributed by atoms with Crippen molar-refractivity contribution < 1.29 is 20.1 Å². The van der Waals surface area contributed by atoms with Crippen molar-refractivity contribution in [1.82, 2.24) is 0 Å². The Labute approximate surface area is 358 Å². The number of carbonyl (C=O) groups is 1. The molecule has 0 saturated heterocycles. The lowest BCUT2D eigenvalue weighted by atomic mass is 9.83. The minimum atomic E-state index is -2.00. The summed E-state index contributed by atoms with van der Waals surface area (Å²) in [5, 5.41) is 29.8. The predicted molar refractivity (Wildman–Crippen MR) is 251 cm³/mol. The van der Waals surface area contributed by atoms with E-state index in [4.69, 9.17) is 0 Å². The van der Waals surface area contributed by atoms with E-state index in [1.807, 2.05) is 0 Å². The first kappa shape index (κ1) is 56.3. The van der Waals surface area contributed by atoms with Crippen LogP contribution in [0.1, 0.15) is 296 Å². The summed E-state index contributed by atoms with van der Waals surface area (Å²) in [6.07, 6.45) is 62.8. The Bertz CT molecular complexity index is 805. The average Bonchev–Trinajstić information content (AvgIpc) is 3.23. The first-order valence-corrected chi connectivity index (χ1v) is 26.2. The van der Waals surface area contributed by atoms with Crippen molar-refractivity contribution in [2.45, 2.75) is 302 Å². The summed E-state index contributed by atoms with van der Waals surface area (Å²) in [7, 11) is 0. The molecule has 0 aromatic heterocycles. The standard InChI is InChI=1S/C53H104O4/c1-3-5-7-9-11-13-15-17-19-20-21-22-23-24-25-26-27-28-29-30-31-32-33-34-36-38-40-42-44-46-48-51(52(56)53(57,49-54)50-55)47-45-43-41-39-37-35-18-16-14-12-10-8-6-4-2/h34,36,51,54-55,57H,3-33,35,37-50H2,1-2H3/b36-34-. The zero-order chi connectivity index (χ0) is 41.6. The van der Waals surface area contributed by atoms with Crippen LogP contribution in [0.25, 0.3) is 0 Å². The molecule has 0 aromatic carbocycles. The molecule has 0 aliphatic heterocycles. The van der Waals surface area contributed by atoms with Crippen LogP contribution in [0.3, 0.4) is 0 Å². The predicted octanol–water partition coefficient (Wildman–Crippen LogP) is 16.6. The van der Waals surface area contributed by atoms with Crippen LogP contribution in [0.2, 0.25) is 0 Å². The number of carbonyl (C=O) groups excluding carboxylic acids is 1. The Hall–Kier alpha value is -0.710. The third-order valence-electron chi connectivity index (χ3n) is 12.8. The summed E-state index contributed by atoms with van der Waals surface area (Å²) in [6, 6.07) is 0. The number of hydrogen-bond donors (Lipinski definition) is 3. The summed E-state index contributed by atoms with van der Waals surface area (Å²) in [6.45, 7) is 3.16. The van der Waals surface area contributed by atoms with E-state index in [0.717, 1.165) is 51.4 Å². The highest BCUT2D eigenvalue weighted by Gasteiger charge is 2.38. The van der Waals surface area contributed by atoms with Crippen molar-refractivity contribution in [3.63, 3.8) is 0 Å². The quantitative estimate of drug-likeness (QED) is 0.0423. The van der Waals surface area contributed by atoms with Crippen LogP contribution in [-0.4, -0.2) is 39.9 Å². The van der Waals surface area contributed by atoms with Crippen molar-refractivity contribution in [3.8, 4) is 0 Å². The number of ketones is 1. The maximum atomic E-state index is 13.1. The van der Waals surface area contributed by atoms with E-state index in [9.17, 15) is 20.1 Å². The third kappa shape index (κ3) is 39.2. The molecule has 0 aliphatic rings. The molecule has 0 aromatic rings. The lowest BCUT2D eigenvalue weighted by molar-refractivity contribution is -0.151. The maximum Gasteiger partial charge on any atom is 0.172 e. The third-order valence-corrected chi connectivity index (χ3v) is 12.8. The molecule has 340 valence electrons. The van der Waals surface area contributed by atoms with E-state index < -0.39 is 18.8 Å². The fraction of sp³-hybridized carbons (Fsp3) is 0.943. The molecule has 0 fully saturated rings. The second kappa shape index (κ2) is 46.4. The van der Waals surface area contributed by atoms with Gasteiger partial charge in [-0.25, -0.2) is 0 Å². The first-order valence-electron chi connectivity index (χ1n) is 26.2. The summed E-state index contributed by atoms with van der Waals surface area (Å²) >= 11 is 0. The van der Waals surface area contributed by atoms with Crippen LogP contribution in [0, 0.1) is 5.92 Å². The molecule has 0 radical (unpaired) electrons. The molecule has 4 heteroatoms. The second-order valence-electron chi connectivity index (χ2n) is 18.5. The Morgan fingerprint density at radius 2 is 0.579 bits per heavy atom. The lowest BCUT2D eigenvalue weighted by Gasteiger charge is -2.27. The fourth-order valence-electron chi connectivity index (χ4n) is 8.69. The molecule has 0 saturated carbocycles. The number of hydrogen-bond acceptors (Lipinski definition) is 4. The normalized spacial score (nSPS) is 12.6. The van der Waals surface area contributed by atoms with Gasteiger partial charge < -0.3 is 15.3 Å². The lowest BCUT2D eigenvalue weighted by Crippen LogP contribution is -2.49. The number of aliphatic hydroxyl groups excluding tert-OH is 2. The zero-order valence-corrected chi connectivity index (χ0v) is 39.0. The number of rotatable bonds is 49. The van der Waals surface area contributed by atoms with Crippen LogP contribution in [-0.2, 0) is 4.79 Å². The van der Waals surface area contributed by atoms with Gasteiger partial charge in [0, 0.05) is 5.92 Å². The fourth-order valence-corrected chi connectivity index (χ4v) is 8.69. The topological polar surface area (TPSA) is 77.8 Å². The van der Waals surface area contributed by atoms with E-state index in [1.165, 1.54) is 231 Å². The molecule has 0 bridgehead atoms. The van der Waals surface area contributed by atoms with Gasteiger partial charge in [-0.15, -0.1) is 0 Å². The molecule has 3 N–H and O–H groups in total. The Kier molecular flexibility index (Phi) is 45.8. The molecule has 0 amide bonds. The number of allylic oxidation sites excluding steroid dienone is 2. The van der Waals surface area contributed by atoms with Gasteiger partial charge in [0.05, 0.1) is 13.2 Å². The Morgan fingerprint density at radius 1 is 0.368 bits per heavy atom. The Morgan fingerprint density at radius 3 is 0.807 bits per heavy atom. The molecule has 0 spiro atoms. The Balaban J connectivity index is 3.72. The monoisotopic (exact) mass is 805 g/mol. The molecular weight excluding hydrogens is 701 g/mol. The minimum absolute atomic E-state index is 0.273. The van der Waals surface area contributed by atoms with Crippen LogP contribution in [0.4, 0.5) is 0 Å². The van der Waals surface area contributed by atoms with Gasteiger partial charge in [-0.05, 0) is 38.5 Å². The van der Waals surface area contributed by atoms with Gasteiger partial charge >= 0.3 is 0 Å². The number of unbranched alkanes of at least 4 members (excludes halogenated alkanes) is 39. The molecule has 57 heavy (non-hydrogen) atoms. The molecular formula is C53H104O4. The van der Waals surface area contributed by atoms with Gasteiger partial charge in [0.1, 0.15) is 0 Å². The van der Waals surface area contributed by atoms with Gasteiger partial charge in [0.25, 0.3) is 0 Å². The number of Topliss-reactive ketones (excluding diaryl/α,β-unsaturated/α-hetero) is 1. The summed E-state index contributed by atoms with van der Waals surface area (Å²) in [4.78, 5) is 13.1. The summed E-state index contributed by atoms with van der Waals surface area (Å²) < 4.78 is 0. The maximum absolute atomic E-state index is 13.1. The van der Waals surface area contributed by atoms with Crippen molar-refractivity contribution in [1.29, 1.82) is 0 Å². The van der Waals surface area contributed by atoms with Gasteiger partial charge in [0.15, 0.2) is 11.4 Å². The van der Waals surface area contributed by atoms with Crippen LogP contribution in [0.15, 0.2) is 12.2 Å². The van der Waals surface area contributed by atoms with E-state index in [1.54, 1.807) is 0 Å². The molecule has 1 unspecified atom stereocenters. The van der Waals surface area contributed by atoms with Gasteiger partial charge in [-0.2, -0.15) is 0 Å². The largest absolute Gasteiger partial charge is 0.393 e. The second-order valence-corrected chi connectivity index (χ2v) is 18.5. The van der Waals surface area contributed by atoms with Gasteiger partial charge in [-0.1, -0.05) is 270 Å². The van der Waals surface area contributed by atoms with Gasteiger partial charge in [-0.3, -0.25) is 4.79 Å². The molecule has 0 rings (SSSR count). The van der Waals surface area contributed by atoms with Crippen molar-refractivity contribution in [3.05, 3.63) is 12.2 Å².